The van der Waals surface area contributed by atoms with Crippen LogP contribution >= 0.6 is 11.3 Å². The van der Waals surface area contributed by atoms with E-state index in [1.165, 1.54) is 16.9 Å². The maximum atomic E-state index is 12.2. The van der Waals surface area contributed by atoms with Crippen molar-refractivity contribution >= 4 is 21.2 Å². The van der Waals surface area contributed by atoms with Crippen molar-refractivity contribution in [2.24, 2.45) is 0 Å². The van der Waals surface area contributed by atoms with E-state index in [0.717, 1.165) is 18.4 Å². The van der Waals surface area contributed by atoms with Crippen molar-refractivity contribution in [2.75, 3.05) is 0 Å². The molecule has 0 aliphatic carbocycles. The molecule has 3 aromatic rings. The van der Waals surface area contributed by atoms with Crippen LogP contribution in [0.25, 0.3) is 11.5 Å². The molecule has 2 heterocycles. The summed E-state index contributed by atoms with van der Waals surface area (Å²) >= 11 is 1.34. The zero-order valence-corrected chi connectivity index (χ0v) is 14.2. The molecule has 0 N–H and O–H groups in total. The lowest BCUT2D eigenvalue weighted by Crippen LogP contribution is -2.05. The van der Waals surface area contributed by atoms with E-state index < -0.39 is 9.84 Å². The highest BCUT2D eigenvalue weighted by Crippen LogP contribution is 2.21. The van der Waals surface area contributed by atoms with E-state index in [1.807, 2.05) is 24.3 Å². The third-order valence-electron chi connectivity index (χ3n) is 3.38. The predicted molar refractivity (Wildman–Crippen MR) is 88.9 cm³/mol. The van der Waals surface area contributed by atoms with Gasteiger partial charge in [0, 0.05) is 10.9 Å². The Hall–Kier alpha value is -1.99. The van der Waals surface area contributed by atoms with Crippen LogP contribution in [0.3, 0.4) is 0 Å². The fourth-order valence-corrected chi connectivity index (χ4v) is 4.47. The molecule has 23 heavy (non-hydrogen) atoms. The number of aryl methyl sites for hydroxylation is 1. The van der Waals surface area contributed by atoms with Crippen molar-refractivity contribution in [3.63, 3.8) is 0 Å². The van der Waals surface area contributed by atoms with Gasteiger partial charge in [0.1, 0.15) is 5.75 Å². The van der Waals surface area contributed by atoms with Gasteiger partial charge in [-0.3, -0.25) is 0 Å². The van der Waals surface area contributed by atoms with Gasteiger partial charge in [-0.25, -0.2) is 8.42 Å². The molecule has 0 radical (unpaired) electrons. The van der Waals surface area contributed by atoms with E-state index >= 15 is 0 Å². The van der Waals surface area contributed by atoms with Gasteiger partial charge in [-0.2, -0.15) is 16.3 Å². The Morgan fingerprint density at radius 3 is 2.61 bits per heavy atom. The second kappa shape index (κ2) is 6.64. The third kappa shape index (κ3) is 3.68. The van der Waals surface area contributed by atoms with Crippen LogP contribution in [0.5, 0.6) is 0 Å². The van der Waals surface area contributed by atoms with Gasteiger partial charge in [-0.15, -0.1) is 0 Å². The highest BCUT2D eigenvalue weighted by atomic mass is 32.2. The molecule has 3 rings (SSSR count). The van der Waals surface area contributed by atoms with E-state index in [1.54, 1.807) is 16.8 Å². The van der Waals surface area contributed by atoms with Crippen LogP contribution in [0.1, 0.15) is 24.7 Å². The molecular weight excluding hydrogens is 332 g/mol. The fourth-order valence-electron chi connectivity index (χ4n) is 2.21. The van der Waals surface area contributed by atoms with E-state index in [0.29, 0.717) is 5.89 Å². The molecule has 0 spiro atoms. The minimum atomic E-state index is -3.43. The van der Waals surface area contributed by atoms with Gasteiger partial charge in [-0.05, 0) is 35.6 Å². The minimum Gasteiger partial charge on any atom is -0.334 e. The Bertz CT molecular complexity index is 866. The van der Waals surface area contributed by atoms with Gasteiger partial charge in [0.05, 0.1) is 4.90 Å². The van der Waals surface area contributed by atoms with Crippen molar-refractivity contribution in [1.82, 2.24) is 10.1 Å². The van der Waals surface area contributed by atoms with Crippen LogP contribution in [0, 0.1) is 0 Å². The van der Waals surface area contributed by atoms with Gasteiger partial charge >= 0.3 is 0 Å². The number of thiophene rings is 1. The molecule has 0 saturated heterocycles. The standard InChI is InChI=1S/C16H16N2O3S2/c1-2-3-12-4-6-13(7-5-12)16-17-15(18-21-16)11-23(19,20)14-8-9-22-10-14/h4-10H,2-3,11H2,1H3. The number of hydrogen-bond donors (Lipinski definition) is 0. The van der Waals surface area contributed by atoms with Crippen LogP contribution < -0.4 is 0 Å². The zero-order chi connectivity index (χ0) is 16.3. The van der Waals surface area contributed by atoms with Crippen molar-refractivity contribution in [3.8, 4) is 11.5 Å². The molecule has 7 heteroatoms. The van der Waals surface area contributed by atoms with Crippen LogP contribution in [-0.4, -0.2) is 18.6 Å². The first kappa shape index (κ1) is 15.9. The summed E-state index contributed by atoms with van der Waals surface area (Å²) in [5.74, 6) is 0.244. The summed E-state index contributed by atoms with van der Waals surface area (Å²) in [5, 5.41) is 7.11. The molecule has 0 saturated carbocycles. The molecule has 0 aliphatic rings. The van der Waals surface area contributed by atoms with Gasteiger partial charge in [0.25, 0.3) is 5.89 Å². The highest BCUT2D eigenvalue weighted by molar-refractivity contribution is 7.90. The van der Waals surface area contributed by atoms with Gasteiger partial charge in [0.2, 0.25) is 0 Å². The largest absolute Gasteiger partial charge is 0.334 e. The van der Waals surface area contributed by atoms with Crippen molar-refractivity contribution in [3.05, 3.63) is 52.5 Å². The molecule has 0 atom stereocenters. The molecular formula is C16H16N2O3S2. The SMILES string of the molecule is CCCc1ccc(-c2nc(CS(=O)(=O)c3ccsc3)no2)cc1. The summed E-state index contributed by atoms with van der Waals surface area (Å²) in [6.45, 7) is 2.13. The van der Waals surface area contributed by atoms with Crippen LogP contribution in [0.4, 0.5) is 0 Å². The number of hydrogen-bond acceptors (Lipinski definition) is 6. The second-order valence-electron chi connectivity index (χ2n) is 5.18. The number of sulfone groups is 1. The summed E-state index contributed by atoms with van der Waals surface area (Å²) in [5.41, 5.74) is 2.03. The van der Waals surface area contributed by atoms with E-state index in [9.17, 15) is 8.42 Å². The average Bonchev–Trinajstić information content (AvgIpc) is 3.19. The molecule has 0 amide bonds. The Kier molecular flexibility index (Phi) is 4.58. The van der Waals surface area contributed by atoms with Crippen molar-refractivity contribution < 1.29 is 12.9 Å². The molecule has 0 fully saturated rings. The van der Waals surface area contributed by atoms with Crippen molar-refractivity contribution in [2.45, 2.75) is 30.4 Å². The van der Waals surface area contributed by atoms with Gasteiger partial charge in [-0.1, -0.05) is 30.6 Å². The molecule has 2 aromatic heterocycles. The lowest BCUT2D eigenvalue weighted by Gasteiger charge is -1.99. The average molecular weight is 348 g/mol. The molecule has 0 unspecified atom stereocenters. The number of aromatic nitrogens is 2. The number of rotatable bonds is 6. The first-order chi connectivity index (χ1) is 11.1. The Balaban J connectivity index is 1.78. The second-order valence-corrected chi connectivity index (χ2v) is 7.95. The lowest BCUT2D eigenvalue weighted by atomic mass is 10.1. The normalized spacial score (nSPS) is 11.7. The van der Waals surface area contributed by atoms with Crippen LogP contribution in [0.15, 0.2) is 50.5 Å². The summed E-state index contributed by atoms with van der Waals surface area (Å²) in [4.78, 5) is 4.49. The monoisotopic (exact) mass is 348 g/mol. The quantitative estimate of drug-likeness (QED) is 0.679. The number of nitrogens with zero attached hydrogens (tertiary/aromatic N) is 2. The highest BCUT2D eigenvalue weighted by Gasteiger charge is 2.20. The van der Waals surface area contributed by atoms with E-state index in [4.69, 9.17) is 4.52 Å². The molecule has 5 nitrogen and oxygen atoms in total. The smallest absolute Gasteiger partial charge is 0.257 e. The first-order valence-corrected chi connectivity index (χ1v) is 9.85. The topological polar surface area (TPSA) is 73.1 Å². The van der Waals surface area contributed by atoms with Gasteiger partial charge in [0.15, 0.2) is 15.7 Å². The van der Waals surface area contributed by atoms with Crippen LogP contribution in [0.2, 0.25) is 0 Å². The summed E-state index contributed by atoms with van der Waals surface area (Å²) in [6, 6.07) is 9.44. The van der Waals surface area contributed by atoms with E-state index in [2.05, 4.69) is 17.1 Å². The third-order valence-corrected chi connectivity index (χ3v) is 5.82. The minimum absolute atomic E-state index is 0.170. The summed E-state index contributed by atoms with van der Waals surface area (Å²) in [6.07, 6.45) is 2.11. The maximum absolute atomic E-state index is 12.2. The Morgan fingerprint density at radius 2 is 1.96 bits per heavy atom. The number of benzene rings is 1. The lowest BCUT2D eigenvalue weighted by molar-refractivity contribution is 0.424. The molecule has 120 valence electrons. The molecule has 0 bridgehead atoms. The zero-order valence-electron chi connectivity index (χ0n) is 12.6. The fraction of sp³-hybridized carbons (Fsp3) is 0.250. The van der Waals surface area contributed by atoms with Gasteiger partial charge < -0.3 is 4.52 Å². The first-order valence-electron chi connectivity index (χ1n) is 7.25. The van der Waals surface area contributed by atoms with Crippen molar-refractivity contribution in [1.29, 1.82) is 0 Å². The van der Waals surface area contributed by atoms with Crippen LogP contribution in [-0.2, 0) is 22.0 Å². The summed E-state index contributed by atoms with van der Waals surface area (Å²) in [7, 11) is -3.43. The molecule has 0 aliphatic heterocycles. The summed E-state index contributed by atoms with van der Waals surface area (Å²) < 4.78 is 29.6. The Morgan fingerprint density at radius 1 is 1.17 bits per heavy atom. The maximum Gasteiger partial charge on any atom is 0.257 e. The molecule has 1 aromatic carbocycles. The Labute approximate surface area is 138 Å². The predicted octanol–water partition coefficient (Wildman–Crippen LogP) is 3.72. The van der Waals surface area contributed by atoms with E-state index in [-0.39, 0.29) is 16.5 Å².